The largest absolute Gasteiger partial charge is 0.491 e. The van der Waals surface area contributed by atoms with Crippen molar-refractivity contribution in [3.05, 3.63) is 65.7 Å². The van der Waals surface area contributed by atoms with Crippen molar-refractivity contribution >= 4 is 5.91 Å². The standard InChI is InChI=1S/C21H25NO4/c1-25-14-17-8-10-18(11-9-17)20(23)22-13-5-12-21(24,15-22)16-26-19-6-3-2-4-7-19/h2-4,6-11,24H,5,12-16H2,1H3/t21-/m0/s1. The molecule has 5 nitrogen and oxygen atoms in total. The average Bonchev–Trinajstić information content (AvgIpc) is 2.68. The van der Waals surface area contributed by atoms with Crippen LogP contribution in [0.4, 0.5) is 0 Å². The number of aliphatic hydroxyl groups is 1. The molecule has 0 spiro atoms. The molecule has 2 aromatic carbocycles. The number of hydrogen-bond donors (Lipinski definition) is 1. The zero-order valence-corrected chi connectivity index (χ0v) is 15.1. The van der Waals surface area contributed by atoms with E-state index in [4.69, 9.17) is 9.47 Å². The van der Waals surface area contributed by atoms with E-state index in [2.05, 4.69) is 0 Å². The fourth-order valence-corrected chi connectivity index (χ4v) is 3.23. The van der Waals surface area contributed by atoms with Gasteiger partial charge in [-0.25, -0.2) is 0 Å². The molecule has 1 N–H and O–H groups in total. The van der Waals surface area contributed by atoms with Crippen molar-refractivity contribution in [1.82, 2.24) is 4.90 Å². The summed E-state index contributed by atoms with van der Waals surface area (Å²) in [5.41, 5.74) is 0.619. The van der Waals surface area contributed by atoms with Crippen LogP contribution in [-0.2, 0) is 11.3 Å². The zero-order chi connectivity index (χ0) is 18.4. The Morgan fingerprint density at radius 3 is 2.58 bits per heavy atom. The average molecular weight is 355 g/mol. The molecular formula is C21H25NO4. The highest BCUT2D eigenvalue weighted by molar-refractivity contribution is 5.94. The molecule has 1 heterocycles. The first-order valence-corrected chi connectivity index (χ1v) is 8.87. The summed E-state index contributed by atoms with van der Waals surface area (Å²) in [7, 11) is 1.64. The quantitative estimate of drug-likeness (QED) is 0.866. The Balaban J connectivity index is 1.62. The first-order chi connectivity index (χ1) is 12.6. The van der Waals surface area contributed by atoms with Gasteiger partial charge in [0.2, 0.25) is 0 Å². The number of likely N-dealkylation sites (tertiary alicyclic amines) is 1. The highest BCUT2D eigenvalue weighted by Crippen LogP contribution is 2.24. The van der Waals surface area contributed by atoms with E-state index < -0.39 is 5.60 Å². The number of ether oxygens (including phenoxy) is 2. The molecule has 2 aromatic rings. The topological polar surface area (TPSA) is 59.0 Å². The van der Waals surface area contributed by atoms with Crippen LogP contribution < -0.4 is 4.74 Å². The van der Waals surface area contributed by atoms with Crippen LogP contribution in [0.2, 0.25) is 0 Å². The number of β-amino-alcohol motifs (C(OH)–C–C–N with tert-alkyl or cyclic N) is 1. The van der Waals surface area contributed by atoms with Crippen LogP contribution in [0, 0.1) is 0 Å². The van der Waals surface area contributed by atoms with Crippen molar-refractivity contribution in [2.75, 3.05) is 26.8 Å². The third-order valence-corrected chi connectivity index (χ3v) is 4.61. The predicted octanol–water partition coefficient (Wildman–Crippen LogP) is 2.88. The maximum Gasteiger partial charge on any atom is 0.253 e. The molecule has 0 saturated carbocycles. The van der Waals surface area contributed by atoms with Crippen molar-refractivity contribution < 1.29 is 19.4 Å². The van der Waals surface area contributed by atoms with Crippen molar-refractivity contribution in [1.29, 1.82) is 0 Å². The van der Waals surface area contributed by atoms with Gasteiger partial charge in [0.25, 0.3) is 5.91 Å². The summed E-state index contributed by atoms with van der Waals surface area (Å²) in [4.78, 5) is 14.5. The van der Waals surface area contributed by atoms with E-state index in [1.807, 2.05) is 54.6 Å². The number of hydrogen-bond acceptors (Lipinski definition) is 4. The third-order valence-electron chi connectivity index (χ3n) is 4.61. The molecule has 0 bridgehead atoms. The Morgan fingerprint density at radius 2 is 1.88 bits per heavy atom. The van der Waals surface area contributed by atoms with E-state index in [1.54, 1.807) is 12.0 Å². The summed E-state index contributed by atoms with van der Waals surface area (Å²) in [6.07, 6.45) is 1.37. The number of nitrogens with zero attached hydrogens (tertiary/aromatic N) is 1. The number of rotatable bonds is 6. The van der Waals surface area contributed by atoms with Gasteiger partial charge in [-0.3, -0.25) is 4.79 Å². The molecule has 0 radical (unpaired) electrons. The summed E-state index contributed by atoms with van der Waals surface area (Å²) in [5.74, 6) is 0.657. The molecule has 1 fully saturated rings. The lowest BCUT2D eigenvalue weighted by Gasteiger charge is -2.39. The van der Waals surface area contributed by atoms with E-state index in [-0.39, 0.29) is 19.1 Å². The molecule has 5 heteroatoms. The summed E-state index contributed by atoms with van der Waals surface area (Å²) in [6.45, 7) is 1.62. The number of piperidine rings is 1. The smallest absolute Gasteiger partial charge is 0.253 e. The van der Waals surface area contributed by atoms with Crippen LogP contribution in [0.15, 0.2) is 54.6 Å². The van der Waals surface area contributed by atoms with Gasteiger partial charge in [-0.15, -0.1) is 0 Å². The lowest BCUT2D eigenvalue weighted by atomic mass is 9.93. The summed E-state index contributed by atoms with van der Waals surface area (Å²) < 4.78 is 10.8. The normalized spacial score (nSPS) is 20.0. The summed E-state index contributed by atoms with van der Waals surface area (Å²) in [5, 5.41) is 10.9. The van der Waals surface area contributed by atoms with E-state index >= 15 is 0 Å². The van der Waals surface area contributed by atoms with Crippen molar-refractivity contribution in [3.8, 4) is 5.75 Å². The van der Waals surface area contributed by atoms with Gasteiger partial charge >= 0.3 is 0 Å². The zero-order valence-electron chi connectivity index (χ0n) is 15.1. The number of benzene rings is 2. The molecule has 0 aliphatic carbocycles. The second-order valence-corrected chi connectivity index (χ2v) is 6.79. The molecule has 138 valence electrons. The van der Waals surface area contributed by atoms with Crippen LogP contribution in [0.25, 0.3) is 0 Å². The Kier molecular flexibility index (Phi) is 5.91. The van der Waals surface area contributed by atoms with Crippen molar-refractivity contribution in [3.63, 3.8) is 0 Å². The Hall–Kier alpha value is -2.37. The molecule has 1 saturated heterocycles. The SMILES string of the molecule is COCc1ccc(C(=O)N2CCC[C@@](O)(COc3ccccc3)C2)cc1. The highest BCUT2D eigenvalue weighted by atomic mass is 16.5. The van der Waals surface area contributed by atoms with Crippen LogP contribution in [0.3, 0.4) is 0 Å². The van der Waals surface area contributed by atoms with Gasteiger partial charge in [-0.05, 0) is 42.7 Å². The van der Waals surface area contributed by atoms with E-state index in [1.165, 1.54) is 0 Å². The van der Waals surface area contributed by atoms with Crippen LogP contribution >= 0.6 is 0 Å². The Bertz CT molecular complexity index is 717. The first kappa shape index (κ1) is 18.4. The van der Waals surface area contributed by atoms with Gasteiger partial charge < -0.3 is 19.5 Å². The molecule has 0 aromatic heterocycles. The van der Waals surface area contributed by atoms with Crippen LogP contribution in [0.5, 0.6) is 5.75 Å². The minimum Gasteiger partial charge on any atom is -0.491 e. The fraction of sp³-hybridized carbons (Fsp3) is 0.381. The van der Waals surface area contributed by atoms with Gasteiger partial charge in [0.15, 0.2) is 0 Å². The molecule has 3 rings (SSSR count). The predicted molar refractivity (Wildman–Crippen MR) is 99.2 cm³/mol. The van der Waals surface area contributed by atoms with Gasteiger partial charge in [-0.1, -0.05) is 30.3 Å². The number of amides is 1. The van der Waals surface area contributed by atoms with Crippen molar-refractivity contribution in [2.24, 2.45) is 0 Å². The summed E-state index contributed by atoms with van der Waals surface area (Å²) in [6, 6.07) is 16.8. The first-order valence-electron chi connectivity index (χ1n) is 8.87. The molecule has 1 amide bonds. The number of para-hydroxylation sites is 1. The van der Waals surface area contributed by atoms with Crippen molar-refractivity contribution in [2.45, 2.75) is 25.0 Å². The maximum absolute atomic E-state index is 12.8. The van der Waals surface area contributed by atoms with Crippen LogP contribution in [-0.4, -0.2) is 48.3 Å². The monoisotopic (exact) mass is 355 g/mol. The van der Waals surface area contributed by atoms with Gasteiger partial charge in [0.1, 0.15) is 18.0 Å². The van der Waals surface area contributed by atoms with E-state index in [0.717, 1.165) is 17.7 Å². The summed E-state index contributed by atoms with van der Waals surface area (Å²) >= 11 is 0. The lowest BCUT2D eigenvalue weighted by molar-refractivity contribution is -0.0532. The molecule has 1 aliphatic rings. The number of carbonyl (C=O) groups is 1. The van der Waals surface area contributed by atoms with E-state index in [0.29, 0.717) is 25.1 Å². The molecule has 1 aliphatic heterocycles. The lowest BCUT2D eigenvalue weighted by Crippen LogP contribution is -2.53. The Labute approximate surface area is 154 Å². The minimum atomic E-state index is -1.03. The molecular weight excluding hydrogens is 330 g/mol. The second-order valence-electron chi connectivity index (χ2n) is 6.79. The van der Waals surface area contributed by atoms with Crippen LogP contribution in [0.1, 0.15) is 28.8 Å². The van der Waals surface area contributed by atoms with Gasteiger partial charge in [-0.2, -0.15) is 0 Å². The fourth-order valence-electron chi connectivity index (χ4n) is 3.23. The number of carbonyl (C=O) groups excluding carboxylic acids is 1. The number of methoxy groups -OCH3 is 1. The van der Waals surface area contributed by atoms with Gasteiger partial charge in [0, 0.05) is 19.2 Å². The third kappa shape index (κ3) is 4.62. The molecule has 0 unspecified atom stereocenters. The Morgan fingerprint density at radius 1 is 1.15 bits per heavy atom. The second kappa shape index (κ2) is 8.34. The maximum atomic E-state index is 12.8. The minimum absolute atomic E-state index is 0.0631. The molecule has 1 atom stereocenters. The molecule has 26 heavy (non-hydrogen) atoms. The highest BCUT2D eigenvalue weighted by Gasteiger charge is 2.36. The van der Waals surface area contributed by atoms with E-state index in [9.17, 15) is 9.90 Å². The van der Waals surface area contributed by atoms with Gasteiger partial charge in [0.05, 0.1) is 13.2 Å².